The molecule has 0 heterocycles. The van der Waals surface area contributed by atoms with Crippen LogP contribution in [-0.2, 0) is 11.2 Å². The van der Waals surface area contributed by atoms with Crippen molar-refractivity contribution >= 4 is 11.6 Å². The zero-order valence-electron chi connectivity index (χ0n) is 12.3. The number of carbonyl (C=O) groups excluding carboxylic acids is 1. The Morgan fingerprint density at radius 1 is 1.14 bits per heavy atom. The molecule has 0 saturated carbocycles. The average molecular weight is 284 g/mol. The number of carbonyl (C=O) groups is 1. The first-order valence-electron chi connectivity index (χ1n) is 6.92. The van der Waals surface area contributed by atoms with E-state index in [0.717, 1.165) is 23.4 Å². The topological polar surface area (TPSA) is 64.3 Å². The first kappa shape index (κ1) is 14.9. The summed E-state index contributed by atoms with van der Waals surface area (Å²) in [6.07, 6.45) is 0.966. The number of ether oxygens (including phenoxy) is 1. The molecule has 0 saturated heterocycles. The Morgan fingerprint density at radius 3 is 2.24 bits per heavy atom. The predicted molar refractivity (Wildman–Crippen MR) is 84.4 cm³/mol. The van der Waals surface area contributed by atoms with Gasteiger partial charge in [-0.1, -0.05) is 31.2 Å². The Morgan fingerprint density at radius 2 is 1.76 bits per heavy atom. The predicted octanol–water partition coefficient (Wildman–Crippen LogP) is 2.90. The van der Waals surface area contributed by atoms with Crippen LogP contribution in [0.15, 0.2) is 48.5 Å². The van der Waals surface area contributed by atoms with Crippen LogP contribution < -0.4 is 15.8 Å². The molecule has 21 heavy (non-hydrogen) atoms. The van der Waals surface area contributed by atoms with Crippen LogP contribution in [0.4, 0.5) is 5.69 Å². The Labute approximate surface area is 124 Å². The van der Waals surface area contributed by atoms with Gasteiger partial charge in [0.2, 0.25) is 5.91 Å². The number of primary amides is 1. The molecule has 0 aliphatic rings. The lowest BCUT2D eigenvalue weighted by Crippen LogP contribution is -2.27. The SMILES string of the molecule is CCc1ccc(C(Nc2ccc(OC)cc2)C(N)=O)cc1. The van der Waals surface area contributed by atoms with Crippen molar-refractivity contribution in [2.24, 2.45) is 5.73 Å². The number of amides is 1. The number of nitrogens with one attached hydrogen (secondary N) is 1. The van der Waals surface area contributed by atoms with Gasteiger partial charge in [0.25, 0.3) is 0 Å². The monoisotopic (exact) mass is 284 g/mol. The molecule has 110 valence electrons. The zero-order valence-corrected chi connectivity index (χ0v) is 12.3. The second kappa shape index (κ2) is 6.79. The molecule has 0 radical (unpaired) electrons. The molecular weight excluding hydrogens is 264 g/mol. The summed E-state index contributed by atoms with van der Waals surface area (Å²) in [5.41, 5.74) is 8.42. The van der Waals surface area contributed by atoms with E-state index in [0.29, 0.717) is 0 Å². The third kappa shape index (κ3) is 3.75. The van der Waals surface area contributed by atoms with E-state index in [2.05, 4.69) is 12.2 Å². The fourth-order valence-corrected chi connectivity index (χ4v) is 2.12. The molecule has 2 rings (SSSR count). The number of anilines is 1. The van der Waals surface area contributed by atoms with Crippen LogP contribution in [0.5, 0.6) is 5.75 Å². The summed E-state index contributed by atoms with van der Waals surface area (Å²) in [6, 6.07) is 14.7. The van der Waals surface area contributed by atoms with Crippen molar-refractivity contribution in [2.45, 2.75) is 19.4 Å². The highest BCUT2D eigenvalue weighted by Gasteiger charge is 2.17. The van der Waals surface area contributed by atoms with E-state index < -0.39 is 11.9 Å². The standard InChI is InChI=1S/C17H20N2O2/c1-3-12-4-6-13(7-5-12)16(17(18)20)19-14-8-10-15(21-2)11-9-14/h4-11,16,19H,3H2,1-2H3,(H2,18,20). The van der Waals surface area contributed by atoms with Crippen molar-refractivity contribution in [3.8, 4) is 5.75 Å². The van der Waals surface area contributed by atoms with Gasteiger partial charge in [0, 0.05) is 5.69 Å². The highest BCUT2D eigenvalue weighted by molar-refractivity contribution is 5.84. The maximum absolute atomic E-state index is 11.7. The Bertz CT molecular complexity index is 591. The van der Waals surface area contributed by atoms with Gasteiger partial charge in [0.15, 0.2) is 0 Å². The molecule has 3 N–H and O–H groups in total. The molecule has 0 fully saturated rings. The van der Waals surface area contributed by atoms with Crippen molar-refractivity contribution in [3.63, 3.8) is 0 Å². The maximum Gasteiger partial charge on any atom is 0.244 e. The van der Waals surface area contributed by atoms with Crippen molar-refractivity contribution in [1.82, 2.24) is 0 Å². The summed E-state index contributed by atoms with van der Waals surface area (Å²) in [4.78, 5) is 11.7. The second-order valence-corrected chi connectivity index (χ2v) is 4.80. The van der Waals surface area contributed by atoms with Crippen LogP contribution in [0.3, 0.4) is 0 Å². The summed E-state index contributed by atoms with van der Waals surface area (Å²) in [5, 5.41) is 3.15. The van der Waals surface area contributed by atoms with Gasteiger partial charge in [-0.15, -0.1) is 0 Å². The number of hydrogen-bond acceptors (Lipinski definition) is 3. The number of benzene rings is 2. The number of rotatable bonds is 6. The number of aryl methyl sites for hydroxylation is 1. The Balaban J connectivity index is 2.19. The molecule has 0 aromatic heterocycles. The van der Waals surface area contributed by atoms with Gasteiger partial charge in [-0.25, -0.2) is 0 Å². The van der Waals surface area contributed by atoms with Crippen LogP contribution in [0.25, 0.3) is 0 Å². The van der Waals surface area contributed by atoms with Crippen LogP contribution >= 0.6 is 0 Å². The van der Waals surface area contributed by atoms with Crippen molar-refractivity contribution < 1.29 is 9.53 Å². The van der Waals surface area contributed by atoms with E-state index in [4.69, 9.17) is 10.5 Å². The molecule has 0 spiro atoms. The molecule has 2 aromatic rings. The zero-order chi connectivity index (χ0) is 15.2. The minimum Gasteiger partial charge on any atom is -0.497 e. The highest BCUT2D eigenvalue weighted by atomic mass is 16.5. The average Bonchev–Trinajstić information content (AvgIpc) is 2.53. The van der Waals surface area contributed by atoms with E-state index in [-0.39, 0.29) is 0 Å². The largest absolute Gasteiger partial charge is 0.497 e. The highest BCUT2D eigenvalue weighted by Crippen LogP contribution is 2.22. The molecule has 1 amide bonds. The van der Waals surface area contributed by atoms with Gasteiger partial charge >= 0.3 is 0 Å². The van der Waals surface area contributed by atoms with Crippen LogP contribution in [0, 0.1) is 0 Å². The van der Waals surface area contributed by atoms with E-state index >= 15 is 0 Å². The molecule has 4 heteroatoms. The normalized spacial score (nSPS) is 11.7. The van der Waals surface area contributed by atoms with Crippen LogP contribution in [0.1, 0.15) is 24.1 Å². The smallest absolute Gasteiger partial charge is 0.244 e. The van der Waals surface area contributed by atoms with Crippen molar-refractivity contribution in [3.05, 3.63) is 59.7 Å². The summed E-state index contributed by atoms with van der Waals surface area (Å²) in [6.45, 7) is 2.09. The number of methoxy groups -OCH3 is 1. The molecule has 1 atom stereocenters. The Kier molecular flexibility index (Phi) is 4.82. The third-order valence-corrected chi connectivity index (χ3v) is 3.41. The van der Waals surface area contributed by atoms with Crippen molar-refractivity contribution in [1.29, 1.82) is 0 Å². The fraction of sp³-hybridized carbons (Fsp3) is 0.235. The minimum atomic E-state index is -0.552. The van der Waals surface area contributed by atoms with E-state index in [1.807, 2.05) is 48.5 Å². The minimum absolute atomic E-state index is 0.407. The van der Waals surface area contributed by atoms with Gasteiger partial charge in [0.1, 0.15) is 11.8 Å². The third-order valence-electron chi connectivity index (χ3n) is 3.41. The van der Waals surface area contributed by atoms with Gasteiger partial charge in [-0.2, -0.15) is 0 Å². The molecule has 2 aromatic carbocycles. The lowest BCUT2D eigenvalue weighted by Gasteiger charge is -2.17. The fourth-order valence-electron chi connectivity index (χ4n) is 2.12. The Hall–Kier alpha value is -2.49. The number of hydrogen-bond donors (Lipinski definition) is 2. The van der Waals surface area contributed by atoms with Gasteiger partial charge < -0.3 is 15.8 Å². The number of nitrogens with two attached hydrogens (primary N) is 1. The van der Waals surface area contributed by atoms with Crippen molar-refractivity contribution in [2.75, 3.05) is 12.4 Å². The molecule has 0 bridgehead atoms. The molecule has 0 aliphatic carbocycles. The second-order valence-electron chi connectivity index (χ2n) is 4.80. The van der Waals surface area contributed by atoms with E-state index in [9.17, 15) is 4.79 Å². The molecule has 4 nitrogen and oxygen atoms in total. The summed E-state index contributed by atoms with van der Waals surface area (Å²) in [7, 11) is 1.62. The quantitative estimate of drug-likeness (QED) is 0.857. The summed E-state index contributed by atoms with van der Waals surface area (Å²) >= 11 is 0. The first-order chi connectivity index (χ1) is 10.1. The molecule has 1 unspecified atom stereocenters. The van der Waals surface area contributed by atoms with Crippen LogP contribution in [-0.4, -0.2) is 13.0 Å². The first-order valence-corrected chi connectivity index (χ1v) is 6.92. The lowest BCUT2D eigenvalue weighted by molar-refractivity contribution is -0.118. The van der Waals surface area contributed by atoms with Gasteiger partial charge in [0.05, 0.1) is 7.11 Å². The summed E-state index contributed by atoms with van der Waals surface area (Å²) in [5.74, 6) is 0.360. The van der Waals surface area contributed by atoms with Gasteiger partial charge in [-0.3, -0.25) is 4.79 Å². The van der Waals surface area contributed by atoms with E-state index in [1.165, 1.54) is 5.56 Å². The maximum atomic E-state index is 11.7. The van der Waals surface area contributed by atoms with Crippen LogP contribution in [0.2, 0.25) is 0 Å². The molecule has 0 aliphatic heterocycles. The summed E-state index contributed by atoms with van der Waals surface area (Å²) < 4.78 is 5.11. The van der Waals surface area contributed by atoms with E-state index in [1.54, 1.807) is 7.11 Å². The molecular formula is C17H20N2O2. The lowest BCUT2D eigenvalue weighted by atomic mass is 10.0. The van der Waals surface area contributed by atoms with Gasteiger partial charge in [-0.05, 0) is 41.8 Å².